The molecule has 2 aromatic rings. The van der Waals surface area contributed by atoms with Crippen molar-refractivity contribution >= 4 is 17.3 Å². The molecule has 132 valence electrons. The van der Waals surface area contributed by atoms with Crippen molar-refractivity contribution in [2.45, 2.75) is 13.5 Å². The maximum absolute atomic E-state index is 12.4. The molecule has 2 heterocycles. The Kier molecular flexibility index (Phi) is 4.94. The van der Waals surface area contributed by atoms with Gasteiger partial charge < -0.3 is 18.9 Å². The zero-order valence-electron chi connectivity index (χ0n) is 13.6. The number of aryl methyl sites for hydroxylation is 1. The highest BCUT2D eigenvalue weighted by Gasteiger charge is 2.24. The summed E-state index contributed by atoms with van der Waals surface area (Å²) in [5, 5.41) is 14.9. The van der Waals surface area contributed by atoms with Crippen molar-refractivity contribution in [2.75, 3.05) is 31.2 Å². The summed E-state index contributed by atoms with van der Waals surface area (Å²) in [4.78, 5) is 25.0. The van der Waals surface area contributed by atoms with Crippen LogP contribution in [0.15, 0.2) is 28.8 Å². The SMILES string of the molecule is Cc1cc(COC(=O)c2cc(N3CCOCC3)ccc2[N+](=O)[O-])on1. The minimum atomic E-state index is -0.782. The van der Waals surface area contributed by atoms with E-state index in [0.29, 0.717) is 37.8 Å². The summed E-state index contributed by atoms with van der Waals surface area (Å²) in [5.74, 6) is -0.409. The van der Waals surface area contributed by atoms with Gasteiger partial charge in [-0.3, -0.25) is 10.1 Å². The summed E-state index contributed by atoms with van der Waals surface area (Å²) in [7, 11) is 0. The highest BCUT2D eigenvalue weighted by molar-refractivity contribution is 5.95. The molecular formula is C16H17N3O6. The van der Waals surface area contributed by atoms with E-state index in [2.05, 4.69) is 5.16 Å². The van der Waals surface area contributed by atoms with E-state index in [0.717, 1.165) is 5.69 Å². The summed E-state index contributed by atoms with van der Waals surface area (Å²) in [5.41, 5.74) is 0.990. The minimum absolute atomic E-state index is 0.0924. The normalized spacial score (nSPS) is 14.4. The van der Waals surface area contributed by atoms with Crippen LogP contribution < -0.4 is 4.90 Å². The molecule has 1 aliphatic heterocycles. The van der Waals surface area contributed by atoms with Gasteiger partial charge in [-0.05, 0) is 19.1 Å². The maximum Gasteiger partial charge on any atom is 0.345 e. The zero-order chi connectivity index (χ0) is 17.8. The van der Waals surface area contributed by atoms with E-state index in [1.54, 1.807) is 19.1 Å². The summed E-state index contributed by atoms with van der Waals surface area (Å²) in [6, 6.07) is 6.06. The van der Waals surface area contributed by atoms with Gasteiger partial charge in [-0.1, -0.05) is 5.16 Å². The molecule has 0 aliphatic carbocycles. The van der Waals surface area contributed by atoms with Crippen LogP contribution in [0.5, 0.6) is 0 Å². The summed E-state index contributed by atoms with van der Waals surface area (Å²) in [6.07, 6.45) is 0. The molecule has 1 aliphatic rings. The fourth-order valence-corrected chi connectivity index (χ4v) is 2.56. The number of aromatic nitrogens is 1. The molecule has 0 spiro atoms. The number of carbonyl (C=O) groups is 1. The molecule has 9 nitrogen and oxygen atoms in total. The van der Waals surface area contributed by atoms with Gasteiger partial charge in [0.15, 0.2) is 12.4 Å². The number of hydrogen-bond acceptors (Lipinski definition) is 8. The minimum Gasteiger partial charge on any atom is -0.454 e. The second-order valence-corrected chi connectivity index (χ2v) is 5.57. The van der Waals surface area contributed by atoms with Crippen molar-refractivity contribution in [2.24, 2.45) is 0 Å². The van der Waals surface area contributed by atoms with Gasteiger partial charge in [0.25, 0.3) is 5.69 Å². The molecule has 1 saturated heterocycles. The second kappa shape index (κ2) is 7.31. The van der Waals surface area contributed by atoms with E-state index < -0.39 is 10.9 Å². The lowest BCUT2D eigenvalue weighted by molar-refractivity contribution is -0.385. The third-order valence-electron chi connectivity index (χ3n) is 3.80. The summed E-state index contributed by atoms with van der Waals surface area (Å²) < 4.78 is 15.4. The Bertz CT molecular complexity index is 782. The van der Waals surface area contributed by atoms with E-state index in [1.807, 2.05) is 4.90 Å². The molecule has 0 bridgehead atoms. The van der Waals surface area contributed by atoms with Crippen molar-refractivity contribution < 1.29 is 23.7 Å². The Labute approximate surface area is 143 Å². The molecule has 1 fully saturated rings. The number of esters is 1. The number of ether oxygens (including phenoxy) is 2. The molecule has 1 aromatic carbocycles. The average molecular weight is 347 g/mol. The van der Waals surface area contributed by atoms with Gasteiger partial charge in [0.05, 0.1) is 23.8 Å². The number of benzene rings is 1. The Morgan fingerprint density at radius 1 is 1.36 bits per heavy atom. The molecule has 0 saturated carbocycles. The van der Waals surface area contributed by atoms with Crippen LogP contribution in [0, 0.1) is 17.0 Å². The first kappa shape index (κ1) is 16.9. The van der Waals surface area contributed by atoms with Crippen LogP contribution in [-0.4, -0.2) is 42.4 Å². The topological polar surface area (TPSA) is 108 Å². The highest BCUT2D eigenvalue weighted by atomic mass is 16.6. The van der Waals surface area contributed by atoms with E-state index in [9.17, 15) is 14.9 Å². The van der Waals surface area contributed by atoms with Gasteiger partial charge in [-0.15, -0.1) is 0 Å². The average Bonchev–Trinajstić information content (AvgIpc) is 3.05. The van der Waals surface area contributed by atoms with Crippen molar-refractivity contribution in [1.82, 2.24) is 5.16 Å². The number of carbonyl (C=O) groups excluding carboxylic acids is 1. The first-order valence-electron chi connectivity index (χ1n) is 7.75. The highest BCUT2D eigenvalue weighted by Crippen LogP contribution is 2.26. The lowest BCUT2D eigenvalue weighted by Crippen LogP contribution is -2.36. The molecule has 25 heavy (non-hydrogen) atoms. The second-order valence-electron chi connectivity index (χ2n) is 5.57. The van der Waals surface area contributed by atoms with Crippen LogP contribution in [0.25, 0.3) is 0 Å². The van der Waals surface area contributed by atoms with Gasteiger partial charge in [0.1, 0.15) is 5.56 Å². The van der Waals surface area contributed by atoms with E-state index in [1.165, 1.54) is 12.1 Å². The maximum atomic E-state index is 12.4. The third-order valence-corrected chi connectivity index (χ3v) is 3.80. The zero-order valence-corrected chi connectivity index (χ0v) is 13.6. The fraction of sp³-hybridized carbons (Fsp3) is 0.375. The Morgan fingerprint density at radius 3 is 2.76 bits per heavy atom. The molecular weight excluding hydrogens is 330 g/mol. The largest absolute Gasteiger partial charge is 0.454 e. The number of nitro benzene ring substituents is 1. The van der Waals surface area contributed by atoms with E-state index in [-0.39, 0.29) is 17.9 Å². The van der Waals surface area contributed by atoms with Crippen molar-refractivity contribution in [3.8, 4) is 0 Å². The summed E-state index contributed by atoms with van der Waals surface area (Å²) >= 11 is 0. The van der Waals surface area contributed by atoms with E-state index in [4.69, 9.17) is 14.0 Å². The van der Waals surface area contributed by atoms with Crippen LogP contribution in [-0.2, 0) is 16.1 Å². The van der Waals surface area contributed by atoms with Crippen LogP contribution in [0.2, 0.25) is 0 Å². The smallest absolute Gasteiger partial charge is 0.345 e. The van der Waals surface area contributed by atoms with Gasteiger partial charge >= 0.3 is 5.97 Å². The van der Waals surface area contributed by atoms with Crippen molar-refractivity contribution in [3.63, 3.8) is 0 Å². The van der Waals surface area contributed by atoms with Crippen molar-refractivity contribution in [3.05, 3.63) is 51.4 Å². The van der Waals surface area contributed by atoms with Crippen LogP contribution in [0.3, 0.4) is 0 Å². The van der Waals surface area contributed by atoms with Crippen molar-refractivity contribution in [1.29, 1.82) is 0 Å². The first-order chi connectivity index (χ1) is 12.0. The number of nitro groups is 1. The molecule has 9 heteroatoms. The molecule has 0 atom stereocenters. The monoisotopic (exact) mass is 347 g/mol. The third kappa shape index (κ3) is 3.94. The summed E-state index contributed by atoms with van der Waals surface area (Å²) in [6.45, 7) is 4.06. The molecule has 0 amide bonds. The predicted molar refractivity (Wildman–Crippen MR) is 86.5 cm³/mol. The van der Waals surface area contributed by atoms with Crippen LogP contribution >= 0.6 is 0 Å². The fourth-order valence-electron chi connectivity index (χ4n) is 2.56. The standard InChI is InChI=1S/C16H17N3O6/c1-11-8-13(25-17-11)10-24-16(20)14-9-12(2-3-15(14)19(21)22)18-4-6-23-7-5-18/h2-3,8-9H,4-7,10H2,1H3. The molecule has 1 aromatic heterocycles. The van der Waals surface area contributed by atoms with Gasteiger partial charge in [0.2, 0.25) is 0 Å². The number of hydrogen-bond donors (Lipinski definition) is 0. The van der Waals surface area contributed by atoms with E-state index >= 15 is 0 Å². The molecule has 3 rings (SSSR count). The number of rotatable bonds is 5. The Balaban J connectivity index is 1.80. The lowest BCUT2D eigenvalue weighted by Gasteiger charge is -2.29. The number of nitrogens with zero attached hydrogens (tertiary/aromatic N) is 3. The lowest BCUT2D eigenvalue weighted by atomic mass is 10.1. The molecule has 0 unspecified atom stereocenters. The van der Waals surface area contributed by atoms with Gasteiger partial charge in [-0.2, -0.15) is 0 Å². The number of anilines is 1. The Morgan fingerprint density at radius 2 is 2.12 bits per heavy atom. The predicted octanol–water partition coefficient (Wildman–Crippen LogP) is 2.08. The first-order valence-corrected chi connectivity index (χ1v) is 7.75. The number of morpholine rings is 1. The van der Waals surface area contributed by atoms with Crippen LogP contribution in [0.1, 0.15) is 21.8 Å². The molecule has 0 radical (unpaired) electrons. The van der Waals surface area contributed by atoms with Gasteiger partial charge in [-0.25, -0.2) is 4.79 Å². The van der Waals surface area contributed by atoms with Crippen LogP contribution in [0.4, 0.5) is 11.4 Å². The Hall–Kier alpha value is -2.94. The quantitative estimate of drug-likeness (QED) is 0.459. The van der Waals surface area contributed by atoms with Gasteiger partial charge in [0, 0.05) is 30.9 Å². The molecule has 0 N–H and O–H groups in total.